The number of halogens is 3. The SMILES string of the molecule is COC(=O)Cc1c(CBr)ncc(O)c1C(F)F. The number of carbonyl (C=O) groups is 1. The quantitative estimate of drug-likeness (QED) is 0.685. The molecule has 0 bridgehead atoms. The summed E-state index contributed by atoms with van der Waals surface area (Å²) < 4.78 is 30.0. The first-order valence-corrected chi connectivity index (χ1v) is 5.74. The van der Waals surface area contributed by atoms with Crippen molar-refractivity contribution < 1.29 is 23.4 Å². The Morgan fingerprint density at radius 2 is 2.29 bits per heavy atom. The molecule has 0 aliphatic heterocycles. The van der Waals surface area contributed by atoms with Crippen molar-refractivity contribution in [3.05, 3.63) is 23.0 Å². The van der Waals surface area contributed by atoms with E-state index in [9.17, 15) is 18.7 Å². The molecule has 0 radical (unpaired) electrons. The van der Waals surface area contributed by atoms with Gasteiger partial charge in [0.1, 0.15) is 5.75 Å². The molecule has 0 aliphatic rings. The molecular formula is C10H10BrF2NO3. The Balaban J connectivity index is 3.29. The molecule has 0 saturated heterocycles. The van der Waals surface area contributed by atoms with Gasteiger partial charge < -0.3 is 9.84 Å². The highest BCUT2D eigenvalue weighted by atomic mass is 79.9. The monoisotopic (exact) mass is 309 g/mol. The lowest BCUT2D eigenvalue weighted by atomic mass is 10.0. The Morgan fingerprint density at radius 3 is 2.76 bits per heavy atom. The molecule has 0 atom stereocenters. The third-order valence-electron chi connectivity index (χ3n) is 2.19. The number of aromatic nitrogens is 1. The van der Waals surface area contributed by atoms with Crippen molar-refractivity contribution in [2.24, 2.45) is 0 Å². The van der Waals surface area contributed by atoms with Crippen molar-refractivity contribution in [3.63, 3.8) is 0 Å². The lowest BCUT2D eigenvalue weighted by Gasteiger charge is -2.12. The minimum absolute atomic E-state index is 0.00345. The third kappa shape index (κ3) is 3.12. The summed E-state index contributed by atoms with van der Waals surface area (Å²) in [6, 6.07) is 0. The van der Waals surface area contributed by atoms with E-state index in [-0.39, 0.29) is 23.0 Å². The predicted octanol–water partition coefficient (Wildman–Crippen LogP) is 2.34. The number of ether oxygens (including phenoxy) is 1. The van der Waals surface area contributed by atoms with Gasteiger partial charge >= 0.3 is 5.97 Å². The second kappa shape index (κ2) is 5.90. The molecule has 0 fully saturated rings. The van der Waals surface area contributed by atoms with Gasteiger partial charge in [-0.25, -0.2) is 8.78 Å². The summed E-state index contributed by atoms with van der Waals surface area (Å²) in [4.78, 5) is 14.9. The third-order valence-corrected chi connectivity index (χ3v) is 2.72. The van der Waals surface area contributed by atoms with Crippen LogP contribution in [-0.2, 0) is 21.3 Å². The van der Waals surface area contributed by atoms with E-state index in [1.54, 1.807) is 0 Å². The van der Waals surface area contributed by atoms with Crippen LogP contribution in [0.2, 0.25) is 0 Å². The second-order valence-corrected chi connectivity index (χ2v) is 3.73. The Morgan fingerprint density at radius 1 is 1.65 bits per heavy atom. The maximum atomic E-state index is 12.8. The zero-order valence-corrected chi connectivity index (χ0v) is 10.5. The van der Waals surface area contributed by atoms with Crippen LogP contribution in [-0.4, -0.2) is 23.2 Å². The largest absolute Gasteiger partial charge is 0.506 e. The fourth-order valence-corrected chi connectivity index (χ4v) is 1.85. The number of hydrogen-bond donors (Lipinski definition) is 1. The minimum Gasteiger partial charge on any atom is -0.506 e. The molecular weight excluding hydrogens is 300 g/mol. The van der Waals surface area contributed by atoms with Crippen molar-refractivity contribution >= 4 is 21.9 Å². The molecule has 0 aromatic carbocycles. The molecule has 1 aromatic heterocycles. The Bertz CT molecular complexity index is 426. The lowest BCUT2D eigenvalue weighted by molar-refractivity contribution is -0.139. The number of aromatic hydroxyl groups is 1. The van der Waals surface area contributed by atoms with Crippen LogP contribution in [0.1, 0.15) is 23.2 Å². The maximum absolute atomic E-state index is 12.8. The van der Waals surface area contributed by atoms with Crippen LogP contribution in [0.25, 0.3) is 0 Å². The molecule has 0 amide bonds. The maximum Gasteiger partial charge on any atom is 0.310 e. The van der Waals surface area contributed by atoms with Gasteiger partial charge in [-0.15, -0.1) is 0 Å². The highest BCUT2D eigenvalue weighted by Gasteiger charge is 2.23. The fraction of sp³-hybridized carbons (Fsp3) is 0.400. The zero-order chi connectivity index (χ0) is 13.0. The van der Waals surface area contributed by atoms with Gasteiger partial charge in [0.25, 0.3) is 6.43 Å². The number of pyridine rings is 1. The van der Waals surface area contributed by atoms with Gasteiger partial charge in [0.2, 0.25) is 0 Å². The highest BCUT2D eigenvalue weighted by molar-refractivity contribution is 9.08. The van der Waals surface area contributed by atoms with Crippen molar-refractivity contribution in [1.29, 1.82) is 0 Å². The van der Waals surface area contributed by atoms with Gasteiger partial charge in [0.05, 0.1) is 31.0 Å². The fourth-order valence-electron chi connectivity index (χ4n) is 1.37. The van der Waals surface area contributed by atoms with Gasteiger partial charge in [-0.3, -0.25) is 9.78 Å². The molecule has 0 unspecified atom stereocenters. The summed E-state index contributed by atoms with van der Waals surface area (Å²) in [7, 11) is 1.16. The van der Waals surface area contributed by atoms with E-state index in [0.29, 0.717) is 0 Å². The number of carbonyl (C=O) groups excluding carboxylic acids is 1. The van der Waals surface area contributed by atoms with E-state index < -0.39 is 23.7 Å². The zero-order valence-electron chi connectivity index (χ0n) is 8.91. The van der Waals surface area contributed by atoms with E-state index in [1.165, 1.54) is 0 Å². The van der Waals surface area contributed by atoms with Gasteiger partial charge in [0, 0.05) is 5.33 Å². The summed E-state index contributed by atoms with van der Waals surface area (Å²) in [5, 5.41) is 9.57. The minimum atomic E-state index is -2.88. The molecule has 1 N–H and O–H groups in total. The Kier molecular flexibility index (Phi) is 4.80. The topological polar surface area (TPSA) is 59.4 Å². The average molecular weight is 310 g/mol. The number of rotatable bonds is 4. The molecule has 0 saturated carbocycles. The Labute approximate surface area is 105 Å². The molecule has 94 valence electrons. The summed E-state index contributed by atoms with van der Waals surface area (Å²) >= 11 is 3.09. The summed E-state index contributed by atoms with van der Waals surface area (Å²) in [5.41, 5.74) is -0.285. The second-order valence-electron chi connectivity index (χ2n) is 3.17. The highest BCUT2D eigenvalue weighted by Crippen LogP contribution is 2.33. The lowest BCUT2D eigenvalue weighted by Crippen LogP contribution is -2.11. The van der Waals surface area contributed by atoms with Crippen LogP contribution in [0.15, 0.2) is 6.20 Å². The van der Waals surface area contributed by atoms with Crippen LogP contribution < -0.4 is 0 Å². The van der Waals surface area contributed by atoms with E-state index in [0.717, 1.165) is 13.3 Å². The van der Waals surface area contributed by atoms with Gasteiger partial charge in [0.15, 0.2) is 0 Å². The average Bonchev–Trinajstić information content (AvgIpc) is 2.28. The molecule has 7 heteroatoms. The molecule has 1 heterocycles. The summed E-state index contributed by atoms with van der Waals surface area (Å²) in [6.45, 7) is 0. The van der Waals surface area contributed by atoms with E-state index in [2.05, 4.69) is 25.7 Å². The Hall–Kier alpha value is -1.24. The summed E-state index contributed by atoms with van der Waals surface area (Å²) in [5.74, 6) is -1.29. The van der Waals surface area contributed by atoms with Gasteiger partial charge in [-0.05, 0) is 5.56 Å². The predicted molar refractivity (Wildman–Crippen MR) is 59.2 cm³/mol. The number of nitrogens with zero attached hydrogens (tertiary/aromatic N) is 1. The summed E-state index contributed by atoms with van der Waals surface area (Å²) in [6.07, 6.45) is -2.28. The number of hydrogen-bond acceptors (Lipinski definition) is 4. The first kappa shape index (κ1) is 13.8. The normalized spacial score (nSPS) is 10.6. The number of alkyl halides is 3. The van der Waals surface area contributed by atoms with Crippen LogP contribution in [0.3, 0.4) is 0 Å². The van der Waals surface area contributed by atoms with Gasteiger partial charge in [-0.1, -0.05) is 15.9 Å². The molecule has 1 aromatic rings. The molecule has 17 heavy (non-hydrogen) atoms. The number of methoxy groups -OCH3 is 1. The molecule has 0 spiro atoms. The van der Waals surface area contributed by atoms with Crippen molar-refractivity contribution in [3.8, 4) is 5.75 Å². The van der Waals surface area contributed by atoms with Crippen LogP contribution in [0, 0.1) is 0 Å². The number of esters is 1. The molecule has 4 nitrogen and oxygen atoms in total. The van der Waals surface area contributed by atoms with Crippen molar-refractivity contribution in [1.82, 2.24) is 4.98 Å². The van der Waals surface area contributed by atoms with Crippen LogP contribution >= 0.6 is 15.9 Å². The van der Waals surface area contributed by atoms with E-state index in [4.69, 9.17) is 0 Å². The standard InChI is InChI=1S/C10H10BrF2NO3/c1-17-8(16)2-5-6(3-11)14-4-7(15)9(5)10(12)13/h4,10,15H,2-3H2,1H3. The first-order valence-electron chi connectivity index (χ1n) is 4.61. The smallest absolute Gasteiger partial charge is 0.310 e. The van der Waals surface area contributed by atoms with Crippen LogP contribution in [0.5, 0.6) is 5.75 Å². The van der Waals surface area contributed by atoms with Crippen molar-refractivity contribution in [2.45, 2.75) is 18.2 Å². The van der Waals surface area contributed by atoms with E-state index >= 15 is 0 Å². The van der Waals surface area contributed by atoms with Crippen LogP contribution in [0.4, 0.5) is 8.78 Å². The first-order chi connectivity index (χ1) is 8.01. The molecule has 1 rings (SSSR count). The van der Waals surface area contributed by atoms with Gasteiger partial charge in [-0.2, -0.15) is 0 Å². The molecule has 0 aliphatic carbocycles. The van der Waals surface area contributed by atoms with Crippen molar-refractivity contribution in [2.75, 3.05) is 7.11 Å². The van der Waals surface area contributed by atoms with E-state index in [1.807, 2.05) is 0 Å².